The monoisotopic (exact) mass is 386 g/mol. The third-order valence-electron chi connectivity index (χ3n) is 3.85. The van der Waals surface area contributed by atoms with E-state index in [2.05, 4.69) is 104 Å². The Kier molecular flexibility index (Phi) is 3.78. The van der Waals surface area contributed by atoms with Gasteiger partial charge in [0.15, 0.2) is 0 Å². The van der Waals surface area contributed by atoms with Gasteiger partial charge in [0, 0.05) is 8.96 Å². The lowest BCUT2D eigenvalue weighted by Gasteiger charge is -2.18. The lowest BCUT2D eigenvalue weighted by atomic mass is 9.87. The van der Waals surface area contributed by atoms with E-state index in [1.54, 1.807) is 0 Å². The molecule has 0 saturated carbocycles. The maximum Gasteiger partial charge on any atom is 0.0214 e. The van der Waals surface area contributed by atoms with Gasteiger partial charge in [0.2, 0.25) is 0 Å². The zero-order valence-electron chi connectivity index (χ0n) is 12.7. The molecule has 3 rings (SSSR count). The van der Waals surface area contributed by atoms with E-state index in [1.165, 1.54) is 31.1 Å². The molecule has 1 aliphatic carbocycles. The van der Waals surface area contributed by atoms with Crippen molar-refractivity contribution in [3.05, 3.63) is 74.9 Å². The molecule has 0 unspecified atom stereocenters. The van der Waals surface area contributed by atoms with Crippen molar-refractivity contribution >= 4 is 39.4 Å². The SMILES string of the molecule is CC(C)(C)C1=C/C(=C\c2cccc3cccc(I)c23)C=C1. The predicted molar refractivity (Wildman–Crippen MR) is 101 cm³/mol. The summed E-state index contributed by atoms with van der Waals surface area (Å²) in [6, 6.07) is 13.0. The van der Waals surface area contributed by atoms with E-state index in [1.807, 2.05) is 0 Å². The first kappa shape index (κ1) is 14.6. The summed E-state index contributed by atoms with van der Waals surface area (Å²) in [5, 5.41) is 2.65. The molecule has 0 radical (unpaired) electrons. The lowest BCUT2D eigenvalue weighted by Crippen LogP contribution is -2.05. The van der Waals surface area contributed by atoms with Crippen LogP contribution in [0, 0.1) is 8.99 Å². The van der Waals surface area contributed by atoms with Crippen LogP contribution in [0.5, 0.6) is 0 Å². The Morgan fingerprint density at radius 1 is 0.952 bits per heavy atom. The molecule has 2 aromatic rings. The van der Waals surface area contributed by atoms with E-state index in [4.69, 9.17) is 0 Å². The molecule has 0 nitrogen and oxygen atoms in total. The van der Waals surface area contributed by atoms with E-state index in [0.717, 1.165) is 0 Å². The van der Waals surface area contributed by atoms with E-state index < -0.39 is 0 Å². The summed E-state index contributed by atoms with van der Waals surface area (Å²) in [5.41, 5.74) is 4.18. The first-order valence-corrected chi connectivity index (χ1v) is 8.32. The number of allylic oxidation sites excluding steroid dienone is 5. The van der Waals surface area contributed by atoms with Gasteiger partial charge in [-0.15, -0.1) is 0 Å². The fourth-order valence-electron chi connectivity index (χ4n) is 2.64. The van der Waals surface area contributed by atoms with Crippen LogP contribution in [-0.2, 0) is 0 Å². The molecule has 0 N–H and O–H groups in total. The second-order valence-corrected chi connectivity index (χ2v) is 7.67. The highest BCUT2D eigenvalue weighted by Crippen LogP contribution is 2.33. The van der Waals surface area contributed by atoms with Crippen molar-refractivity contribution in [1.82, 2.24) is 0 Å². The van der Waals surface area contributed by atoms with Crippen LogP contribution in [0.4, 0.5) is 0 Å². The number of rotatable bonds is 1. The third-order valence-corrected chi connectivity index (χ3v) is 4.75. The molecule has 0 aromatic heterocycles. The highest BCUT2D eigenvalue weighted by molar-refractivity contribution is 14.1. The minimum atomic E-state index is 0.208. The van der Waals surface area contributed by atoms with E-state index >= 15 is 0 Å². The fraction of sp³-hybridized carbons (Fsp3) is 0.200. The Labute approximate surface area is 140 Å². The molecule has 2 aromatic carbocycles. The first-order valence-electron chi connectivity index (χ1n) is 7.24. The zero-order chi connectivity index (χ0) is 15.0. The minimum absolute atomic E-state index is 0.208. The van der Waals surface area contributed by atoms with Crippen LogP contribution in [0.1, 0.15) is 26.3 Å². The summed E-state index contributed by atoms with van der Waals surface area (Å²) in [4.78, 5) is 0. The second-order valence-electron chi connectivity index (χ2n) is 6.51. The number of benzene rings is 2. The normalized spacial score (nSPS) is 16.8. The Morgan fingerprint density at radius 2 is 1.67 bits per heavy atom. The molecule has 0 heterocycles. The average molecular weight is 386 g/mol. The summed E-state index contributed by atoms with van der Waals surface area (Å²) in [6.45, 7) is 6.77. The number of hydrogen-bond donors (Lipinski definition) is 0. The first-order chi connectivity index (χ1) is 9.95. The van der Waals surface area contributed by atoms with Gasteiger partial charge in [-0.05, 0) is 62.2 Å². The molecule has 0 aliphatic heterocycles. The van der Waals surface area contributed by atoms with Crippen LogP contribution in [0.15, 0.2) is 65.8 Å². The number of hydrogen-bond acceptors (Lipinski definition) is 0. The molecule has 0 amide bonds. The van der Waals surface area contributed by atoms with Crippen molar-refractivity contribution in [3.8, 4) is 0 Å². The number of fused-ring (bicyclic) bond motifs is 1. The minimum Gasteiger partial charge on any atom is -0.0610 e. The molecule has 0 atom stereocenters. The van der Waals surface area contributed by atoms with Crippen LogP contribution in [0.2, 0.25) is 0 Å². The maximum absolute atomic E-state index is 2.42. The molecule has 106 valence electrons. The zero-order valence-corrected chi connectivity index (χ0v) is 14.8. The fourth-order valence-corrected chi connectivity index (χ4v) is 3.47. The smallest absolute Gasteiger partial charge is 0.0214 e. The largest absolute Gasteiger partial charge is 0.0610 e. The maximum atomic E-state index is 2.42. The van der Waals surface area contributed by atoms with Gasteiger partial charge in [0.05, 0.1) is 0 Å². The van der Waals surface area contributed by atoms with Crippen LogP contribution < -0.4 is 0 Å². The van der Waals surface area contributed by atoms with Gasteiger partial charge in [-0.25, -0.2) is 0 Å². The van der Waals surface area contributed by atoms with E-state index in [9.17, 15) is 0 Å². The lowest BCUT2D eigenvalue weighted by molar-refractivity contribution is 0.518. The molecule has 0 spiro atoms. The van der Waals surface area contributed by atoms with Gasteiger partial charge in [0.1, 0.15) is 0 Å². The van der Waals surface area contributed by atoms with Crippen molar-refractivity contribution in [1.29, 1.82) is 0 Å². The van der Waals surface area contributed by atoms with Gasteiger partial charge in [-0.2, -0.15) is 0 Å². The average Bonchev–Trinajstić information content (AvgIpc) is 2.88. The molecule has 0 bridgehead atoms. The summed E-state index contributed by atoms with van der Waals surface area (Å²) in [5.74, 6) is 0. The van der Waals surface area contributed by atoms with Gasteiger partial charge < -0.3 is 0 Å². The van der Waals surface area contributed by atoms with Gasteiger partial charge >= 0.3 is 0 Å². The van der Waals surface area contributed by atoms with Gasteiger partial charge in [0.25, 0.3) is 0 Å². The summed E-state index contributed by atoms with van der Waals surface area (Å²) >= 11 is 2.42. The van der Waals surface area contributed by atoms with E-state index in [0.29, 0.717) is 0 Å². The van der Waals surface area contributed by atoms with Crippen LogP contribution in [0.25, 0.3) is 16.8 Å². The molecule has 21 heavy (non-hydrogen) atoms. The Morgan fingerprint density at radius 3 is 2.33 bits per heavy atom. The predicted octanol–water partition coefficient (Wildman–Crippen LogP) is 6.37. The van der Waals surface area contributed by atoms with Crippen LogP contribution >= 0.6 is 22.6 Å². The van der Waals surface area contributed by atoms with Crippen LogP contribution in [-0.4, -0.2) is 0 Å². The highest BCUT2D eigenvalue weighted by Gasteiger charge is 2.17. The molecule has 1 aliphatic rings. The molecular formula is C20H19I. The summed E-state index contributed by atoms with van der Waals surface area (Å²) in [7, 11) is 0. The quantitative estimate of drug-likeness (QED) is 0.500. The Balaban J connectivity index is 2.10. The molecule has 0 fully saturated rings. The van der Waals surface area contributed by atoms with Crippen molar-refractivity contribution in [2.45, 2.75) is 20.8 Å². The van der Waals surface area contributed by atoms with Gasteiger partial charge in [-0.3, -0.25) is 0 Å². The molecule has 0 saturated heterocycles. The third kappa shape index (κ3) is 2.98. The van der Waals surface area contributed by atoms with Crippen LogP contribution in [0.3, 0.4) is 0 Å². The summed E-state index contributed by atoms with van der Waals surface area (Å²) < 4.78 is 1.31. The van der Waals surface area contributed by atoms with Crippen molar-refractivity contribution in [2.24, 2.45) is 5.41 Å². The van der Waals surface area contributed by atoms with E-state index in [-0.39, 0.29) is 5.41 Å². The standard InChI is InChI=1S/C20H19I/c1-20(2,3)17-11-10-14(13-17)12-16-8-4-6-15-7-5-9-18(21)19(15)16/h4-13H,1-3H3/b14-12-. The highest BCUT2D eigenvalue weighted by atomic mass is 127. The Bertz CT molecular complexity index is 778. The Hall–Kier alpha value is -1.35. The topological polar surface area (TPSA) is 0 Å². The second kappa shape index (κ2) is 5.45. The summed E-state index contributed by atoms with van der Waals surface area (Å²) in [6.07, 6.45) is 9.05. The molecule has 1 heteroatoms. The van der Waals surface area contributed by atoms with Gasteiger partial charge in [-0.1, -0.05) is 69.3 Å². The molecular weight excluding hydrogens is 367 g/mol. The van der Waals surface area contributed by atoms with Crippen molar-refractivity contribution in [3.63, 3.8) is 0 Å². The number of halogens is 1. The van der Waals surface area contributed by atoms with Crippen molar-refractivity contribution < 1.29 is 0 Å². The van der Waals surface area contributed by atoms with Crippen molar-refractivity contribution in [2.75, 3.05) is 0 Å².